The first-order chi connectivity index (χ1) is 15.2. The van der Waals surface area contributed by atoms with E-state index in [0.717, 1.165) is 6.07 Å². The Hall–Kier alpha value is -3.07. The molecular formula is C23H26F2N2O5. The molecule has 7 nitrogen and oxygen atoms in total. The van der Waals surface area contributed by atoms with E-state index in [9.17, 15) is 23.2 Å². The minimum absolute atomic E-state index is 0.0649. The fraction of sp³-hybridized carbons (Fsp3) is 0.435. The van der Waals surface area contributed by atoms with Gasteiger partial charge in [-0.15, -0.1) is 0 Å². The van der Waals surface area contributed by atoms with E-state index >= 15 is 0 Å². The van der Waals surface area contributed by atoms with Crippen molar-refractivity contribution in [3.05, 3.63) is 63.1 Å². The van der Waals surface area contributed by atoms with Gasteiger partial charge >= 0.3 is 0 Å². The van der Waals surface area contributed by atoms with Crippen LogP contribution in [-0.4, -0.2) is 36.6 Å². The van der Waals surface area contributed by atoms with Gasteiger partial charge in [-0.2, -0.15) is 0 Å². The summed E-state index contributed by atoms with van der Waals surface area (Å²) in [7, 11) is 2.79. The quantitative estimate of drug-likeness (QED) is 0.704. The summed E-state index contributed by atoms with van der Waals surface area (Å²) in [5.74, 6) is -2.79. The van der Waals surface area contributed by atoms with Gasteiger partial charge in [-0.05, 0) is 18.9 Å². The van der Waals surface area contributed by atoms with Gasteiger partial charge in [0.05, 0.1) is 25.2 Å². The van der Waals surface area contributed by atoms with Crippen LogP contribution in [0.4, 0.5) is 8.78 Å². The molecule has 1 atom stereocenters. The Morgan fingerprint density at radius 1 is 1.22 bits per heavy atom. The number of benzene rings is 1. The number of amides is 1. The number of halogens is 2. The number of nitrogens with one attached hydrogen (secondary N) is 1. The van der Waals surface area contributed by atoms with Gasteiger partial charge in [0.2, 0.25) is 5.43 Å². The smallest absolute Gasteiger partial charge is 0.257 e. The number of carbonyl (C=O) groups is 2. The van der Waals surface area contributed by atoms with Gasteiger partial charge in [0.25, 0.3) is 5.91 Å². The van der Waals surface area contributed by atoms with Crippen molar-refractivity contribution in [2.24, 2.45) is 5.41 Å². The Morgan fingerprint density at radius 3 is 2.47 bits per heavy atom. The van der Waals surface area contributed by atoms with E-state index in [1.807, 2.05) is 13.8 Å². The van der Waals surface area contributed by atoms with Crippen LogP contribution in [-0.2, 0) is 17.8 Å². The number of ketones is 1. The molecule has 0 aliphatic carbocycles. The number of hydrogen-bond donors (Lipinski definition) is 1. The highest BCUT2D eigenvalue weighted by Crippen LogP contribution is 2.42. The Kier molecular flexibility index (Phi) is 6.78. The average Bonchev–Trinajstić information content (AvgIpc) is 2.78. The number of Topliss-reactive ketones (excluding diaryl/α,β-unsaturated/α-hetero) is 1. The number of fused-ring (bicyclic) bond motifs is 1. The highest BCUT2D eigenvalue weighted by atomic mass is 19.1. The van der Waals surface area contributed by atoms with E-state index in [2.05, 4.69) is 5.32 Å². The summed E-state index contributed by atoms with van der Waals surface area (Å²) in [4.78, 5) is 39.2. The van der Waals surface area contributed by atoms with Gasteiger partial charge in [0.15, 0.2) is 11.5 Å². The Morgan fingerprint density at radius 2 is 1.91 bits per heavy atom. The van der Waals surface area contributed by atoms with Crippen molar-refractivity contribution in [2.75, 3.05) is 14.2 Å². The van der Waals surface area contributed by atoms with Gasteiger partial charge in [0, 0.05) is 31.5 Å². The summed E-state index contributed by atoms with van der Waals surface area (Å²) in [6.07, 6.45) is 1.89. The number of aromatic nitrogens is 1. The molecule has 1 unspecified atom stereocenters. The Labute approximate surface area is 184 Å². The molecule has 1 amide bonds. The number of methoxy groups -OCH3 is 2. The SMILES string of the molecule is CCC1(CC)C(=O)c2c(OC)c(=O)c(C(=O)NCc3ccc(F)cc3F)cn2CC1OC. The molecule has 0 spiro atoms. The predicted molar refractivity (Wildman–Crippen MR) is 113 cm³/mol. The van der Waals surface area contributed by atoms with Crippen LogP contribution >= 0.6 is 0 Å². The normalized spacial score (nSPS) is 17.1. The van der Waals surface area contributed by atoms with Crippen molar-refractivity contribution < 1.29 is 27.8 Å². The van der Waals surface area contributed by atoms with Crippen LogP contribution in [0.15, 0.2) is 29.2 Å². The highest BCUT2D eigenvalue weighted by molar-refractivity contribution is 6.03. The monoisotopic (exact) mass is 448 g/mol. The van der Waals surface area contributed by atoms with Gasteiger partial charge in [0.1, 0.15) is 22.9 Å². The van der Waals surface area contributed by atoms with Crippen molar-refractivity contribution in [3.63, 3.8) is 0 Å². The topological polar surface area (TPSA) is 86.6 Å². The number of nitrogens with zero attached hydrogens (tertiary/aromatic N) is 1. The molecule has 172 valence electrons. The lowest BCUT2D eigenvalue weighted by Crippen LogP contribution is -2.51. The second-order valence-electron chi connectivity index (χ2n) is 7.74. The second kappa shape index (κ2) is 9.20. The lowest BCUT2D eigenvalue weighted by Gasteiger charge is -2.42. The highest BCUT2D eigenvalue weighted by Gasteiger charge is 2.49. The molecule has 32 heavy (non-hydrogen) atoms. The summed E-state index contributed by atoms with van der Waals surface area (Å²) in [6.45, 7) is 3.79. The lowest BCUT2D eigenvalue weighted by atomic mass is 9.70. The summed E-state index contributed by atoms with van der Waals surface area (Å²) >= 11 is 0. The Bertz CT molecular complexity index is 1110. The van der Waals surface area contributed by atoms with Crippen molar-refractivity contribution in [1.29, 1.82) is 0 Å². The zero-order chi connectivity index (χ0) is 23.6. The molecule has 9 heteroatoms. The molecule has 1 aromatic carbocycles. The number of ether oxygens (including phenoxy) is 2. The lowest BCUT2D eigenvalue weighted by molar-refractivity contribution is -0.0259. The third-order valence-electron chi connectivity index (χ3n) is 6.33. The van der Waals surface area contributed by atoms with Crippen LogP contribution in [0.1, 0.15) is 53.1 Å². The molecule has 0 fully saturated rings. The van der Waals surface area contributed by atoms with Crippen molar-refractivity contribution in [2.45, 2.75) is 45.9 Å². The van der Waals surface area contributed by atoms with Crippen LogP contribution < -0.4 is 15.5 Å². The summed E-state index contributed by atoms with van der Waals surface area (Å²) in [5.41, 5.74) is -1.62. The number of carbonyl (C=O) groups excluding carboxylic acids is 2. The maximum Gasteiger partial charge on any atom is 0.257 e. The molecule has 0 radical (unpaired) electrons. The first kappa shape index (κ1) is 23.6. The third kappa shape index (κ3) is 3.81. The molecule has 3 rings (SSSR count). The zero-order valence-electron chi connectivity index (χ0n) is 18.5. The van der Waals surface area contributed by atoms with Crippen LogP contribution in [0.3, 0.4) is 0 Å². The van der Waals surface area contributed by atoms with Crippen LogP contribution in [0.5, 0.6) is 5.75 Å². The molecule has 1 N–H and O–H groups in total. The largest absolute Gasteiger partial charge is 0.491 e. The second-order valence-corrected chi connectivity index (χ2v) is 7.74. The first-order valence-electron chi connectivity index (χ1n) is 10.3. The van der Waals surface area contributed by atoms with Gasteiger partial charge in [-0.3, -0.25) is 14.4 Å². The fourth-order valence-electron chi connectivity index (χ4n) is 4.37. The predicted octanol–water partition coefficient (Wildman–Crippen LogP) is 3.08. The zero-order valence-corrected chi connectivity index (χ0v) is 18.5. The third-order valence-corrected chi connectivity index (χ3v) is 6.33. The maximum absolute atomic E-state index is 13.9. The molecule has 1 aliphatic heterocycles. The van der Waals surface area contributed by atoms with E-state index in [4.69, 9.17) is 9.47 Å². The van der Waals surface area contributed by atoms with Crippen molar-refractivity contribution >= 4 is 11.7 Å². The first-order valence-corrected chi connectivity index (χ1v) is 10.3. The average molecular weight is 448 g/mol. The molecule has 1 aliphatic rings. The number of pyridine rings is 1. The minimum atomic E-state index is -0.811. The van der Waals surface area contributed by atoms with E-state index in [0.29, 0.717) is 18.9 Å². The molecule has 0 saturated heterocycles. The van der Waals surface area contributed by atoms with Crippen LogP contribution in [0, 0.1) is 17.0 Å². The van der Waals surface area contributed by atoms with Crippen molar-refractivity contribution in [1.82, 2.24) is 9.88 Å². The molecule has 0 saturated carbocycles. The molecule has 2 heterocycles. The van der Waals surface area contributed by atoms with E-state index < -0.39 is 34.5 Å². The molecule has 2 aromatic rings. The summed E-state index contributed by atoms with van der Waals surface area (Å²) in [5, 5.41) is 2.46. The standard InChI is InChI=1S/C23H26F2N2O5/c1-5-23(6-2)17(31-3)12-27-11-15(19(28)20(32-4)18(27)21(23)29)22(30)26-10-13-7-8-14(24)9-16(13)25/h7-9,11,17H,5-6,10,12H2,1-4H3,(H,26,30). The van der Waals surface area contributed by atoms with Crippen LogP contribution in [0.25, 0.3) is 0 Å². The maximum atomic E-state index is 13.9. The molecule has 1 aromatic heterocycles. The number of hydrogen-bond acceptors (Lipinski definition) is 5. The fourth-order valence-corrected chi connectivity index (χ4v) is 4.37. The van der Waals surface area contributed by atoms with E-state index in [1.54, 1.807) is 0 Å². The van der Waals surface area contributed by atoms with Gasteiger partial charge < -0.3 is 19.4 Å². The van der Waals surface area contributed by atoms with E-state index in [1.165, 1.54) is 31.0 Å². The van der Waals surface area contributed by atoms with Gasteiger partial charge in [-0.25, -0.2) is 8.78 Å². The van der Waals surface area contributed by atoms with E-state index in [-0.39, 0.29) is 41.4 Å². The van der Waals surface area contributed by atoms with Crippen molar-refractivity contribution in [3.8, 4) is 5.75 Å². The number of rotatable bonds is 7. The molecular weight excluding hydrogens is 422 g/mol. The van der Waals surface area contributed by atoms with Crippen LogP contribution in [0.2, 0.25) is 0 Å². The molecule has 0 bridgehead atoms. The van der Waals surface area contributed by atoms with Gasteiger partial charge in [-0.1, -0.05) is 19.9 Å². The minimum Gasteiger partial charge on any atom is -0.491 e. The summed E-state index contributed by atoms with van der Waals surface area (Å²) < 4.78 is 39.3. The Balaban J connectivity index is 2.01. The summed E-state index contributed by atoms with van der Waals surface area (Å²) in [6, 6.07) is 3.00.